The quantitative estimate of drug-likeness (QED) is 0.834. The maximum atomic E-state index is 13.0. The van der Waals surface area contributed by atoms with Crippen molar-refractivity contribution in [1.82, 2.24) is 4.90 Å². The molecule has 2 aliphatic carbocycles. The molecule has 1 amide bonds. The Hall–Kier alpha value is -1.76. The minimum atomic E-state index is -4.32. The molecule has 2 unspecified atom stereocenters. The van der Waals surface area contributed by atoms with Crippen LogP contribution in [0.2, 0.25) is 0 Å². The Balaban J connectivity index is 1.33. The Morgan fingerprint density at radius 1 is 0.964 bits per heavy atom. The Morgan fingerprint density at radius 2 is 1.54 bits per heavy atom. The van der Waals surface area contributed by atoms with Gasteiger partial charge in [0.2, 0.25) is 5.91 Å². The zero-order valence-electron chi connectivity index (χ0n) is 16.0. The molecular weight excluding hydrogens is 367 g/mol. The van der Waals surface area contributed by atoms with Crippen LogP contribution < -0.4 is 10.6 Å². The van der Waals surface area contributed by atoms with Gasteiger partial charge in [-0.3, -0.25) is 4.79 Å². The van der Waals surface area contributed by atoms with Gasteiger partial charge < -0.3 is 15.5 Å². The number of hydrogen-bond acceptors (Lipinski definition) is 3. The largest absolute Gasteiger partial charge is 0.416 e. The van der Waals surface area contributed by atoms with Gasteiger partial charge >= 0.3 is 6.18 Å². The number of amides is 1. The number of anilines is 1. The third-order valence-corrected chi connectivity index (χ3v) is 6.91. The van der Waals surface area contributed by atoms with Crippen molar-refractivity contribution in [3.05, 3.63) is 29.8 Å². The highest BCUT2D eigenvalue weighted by atomic mass is 19.4. The Bertz CT molecular complexity index is 684. The summed E-state index contributed by atoms with van der Waals surface area (Å²) in [5, 5.41) is 0. The molecule has 1 aromatic rings. The summed E-state index contributed by atoms with van der Waals surface area (Å²) in [5.74, 6) is 1.30. The molecule has 2 bridgehead atoms. The Labute approximate surface area is 163 Å². The second kappa shape index (κ2) is 7.58. The average molecular weight is 395 g/mol. The second-order valence-corrected chi connectivity index (χ2v) is 8.55. The fourth-order valence-corrected chi connectivity index (χ4v) is 5.30. The average Bonchev–Trinajstić information content (AvgIpc) is 2.67. The molecule has 2 atom stereocenters. The van der Waals surface area contributed by atoms with Crippen LogP contribution in [-0.2, 0) is 11.0 Å². The summed E-state index contributed by atoms with van der Waals surface area (Å²) in [6.07, 6.45) is 1.03. The van der Waals surface area contributed by atoms with Crippen molar-refractivity contribution in [2.45, 2.75) is 44.3 Å². The van der Waals surface area contributed by atoms with Crippen molar-refractivity contribution in [3.8, 4) is 0 Å². The lowest BCUT2D eigenvalue weighted by Gasteiger charge is -2.45. The second-order valence-electron chi connectivity index (χ2n) is 8.55. The van der Waals surface area contributed by atoms with Gasteiger partial charge in [-0.25, -0.2) is 0 Å². The molecule has 1 heterocycles. The van der Waals surface area contributed by atoms with Crippen molar-refractivity contribution < 1.29 is 18.0 Å². The van der Waals surface area contributed by atoms with Crippen LogP contribution >= 0.6 is 0 Å². The highest BCUT2D eigenvalue weighted by Gasteiger charge is 2.42. The fourth-order valence-electron chi connectivity index (χ4n) is 5.30. The van der Waals surface area contributed by atoms with E-state index in [4.69, 9.17) is 5.73 Å². The van der Waals surface area contributed by atoms with Crippen LogP contribution in [0, 0.1) is 17.8 Å². The molecule has 1 aliphatic heterocycles. The first-order valence-electron chi connectivity index (χ1n) is 10.3. The molecule has 2 saturated carbocycles. The van der Waals surface area contributed by atoms with E-state index in [2.05, 4.69) is 4.90 Å². The van der Waals surface area contributed by atoms with Crippen molar-refractivity contribution in [1.29, 1.82) is 0 Å². The SMILES string of the molecule is NC1C2CCCC1CC(C(=O)N1CCN(c3ccc(C(F)(F)F)cc3)CC1)C2. The molecule has 4 rings (SSSR count). The van der Waals surface area contributed by atoms with Crippen molar-refractivity contribution in [2.75, 3.05) is 31.1 Å². The van der Waals surface area contributed by atoms with Gasteiger partial charge in [-0.15, -0.1) is 0 Å². The van der Waals surface area contributed by atoms with Crippen LogP contribution in [-0.4, -0.2) is 43.0 Å². The van der Waals surface area contributed by atoms with E-state index in [-0.39, 0.29) is 17.9 Å². The smallest absolute Gasteiger partial charge is 0.368 e. The molecule has 7 heteroatoms. The number of alkyl halides is 3. The zero-order valence-corrected chi connectivity index (χ0v) is 16.0. The summed E-state index contributed by atoms with van der Waals surface area (Å²) in [7, 11) is 0. The molecule has 0 aromatic heterocycles. The van der Waals surface area contributed by atoms with Gasteiger partial charge in [0.15, 0.2) is 0 Å². The number of rotatable bonds is 2. The van der Waals surface area contributed by atoms with Crippen LogP contribution in [0.3, 0.4) is 0 Å². The Kier molecular flexibility index (Phi) is 5.29. The number of nitrogens with zero attached hydrogens (tertiary/aromatic N) is 2. The van der Waals surface area contributed by atoms with E-state index in [0.29, 0.717) is 38.0 Å². The lowest BCUT2D eigenvalue weighted by atomic mass is 9.65. The predicted octanol–water partition coefficient (Wildman–Crippen LogP) is 3.51. The molecule has 2 N–H and O–H groups in total. The van der Waals surface area contributed by atoms with Crippen molar-refractivity contribution in [3.63, 3.8) is 0 Å². The first kappa shape index (κ1) is 19.6. The van der Waals surface area contributed by atoms with Gasteiger partial charge in [-0.2, -0.15) is 13.2 Å². The van der Waals surface area contributed by atoms with Crippen LogP contribution in [0.4, 0.5) is 18.9 Å². The minimum Gasteiger partial charge on any atom is -0.368 e. The van der Waals surface area contributed by atoms with Crippen LogP contribution in [0.1, 0.15) is 37.7 Å². The van der Waals surface area contributed by atoms with Gasteiger partial charge in [0, 0.05) is 43.8 Å². The van der Waals surface area contributed by atoms with Gasteiger partial charge in [-0.1, -0.05) is 6.42 Å². The van der Waals surface area contributed by atoms with Crippen LogP contribution in [0.5, 0.6) is 0 Å². The molecule has 28 heavy (non-hydrogen) atoms. The minimum absolute atomic E-state index is 0.0905. The normalized spacial score (nSPS) is 31.0. The number of carbonyl (C=O) groups excluding carboxylic acids is 1. The monoisotopic (exact) mass is 395 g/mol. The third-order valence-electron chi connectivity index (χ3n) is 6.91. The van der Waals surface area contributed by atoms with E-state index in [9.17, 15) is 18.0 Å². The summed E-state index contributed by atoms with van der Waals surface area (Å²) in [5.41, 5.74) is 6.49. The van der Waals surface area contributed by atoms with Gasteiger partial charge in [0.05, 0.1) is 5.56 Å². The van der Waals surface area contributed by atoms with Gasteiger partial charge in [0.1, 0.15) is 0 Å². The molecule has 1 saturated heterocycles. The summed E-state index contributed by atoms with van der Waals surface area (Å²) >= 11 is 0. The lowest BCUT2D eigenvalue weighted by molar-refractivity contribution is -0.139. The first-order chi connectivity index (χ1) is 13.3. The van der Waals surface area contributed by atoms with E-state index in [1.807, 2.05) is 4.90 Å². The fraction of sp³-hybridized carbons (Fsp3) is 0.667. The molecule has 3 aliphatic rings. The third kappa shape index (κ3) is 3.86. The highest BCUT2D eigenvalue weighted by Crippen LogP contribution is 2.42. The van der Waals surface area contributed by atoms with E-state index in [1.165, 1.54) is 18.6 Å². The number of fused-ring (bicyclic) bond motifs is 2. The number of halogens is 3. The van der Waals surface area contributed by atoms with E-state index >= 15 is 0 Å². The standard InChI is InChI=1S/C21H28F3N3O/c22-21(23,24)17-4-6-18(7-5-17)26-8-10-27(11-9-26)20(28)16-12-14-2-1-3-15(13-16)19(14)25/h4-7,14-16,19H,1-3,8-13,25H2. The molecule has 0 spiro atoms. The molecule has 4 nitrogen and oxygen atoms in total. The van der Waals surface area contributed by atoms with E-state index in [0.717, 1.165) is 43.5 Å². The van der Waals surface area contributed by atoms with E-state index in [1.54, 1.807) is 0 Å². The molecular formula is C21H28F3N3O. The highest BCUT2D eigenvalue weighted by molar-refractivity contribution is 5.79. The van der Waals surface area contributed by atoms with Crippen molar-refractivity contribution >= 4 is 11.6 Å². The summed E-state index contributed by atoms with van der Waals surface area (Å²) in [6.45, 7) is 2.54. The maximum Gasteiger partial charge on any atom is 0.416 e. The molecule has 154 valence electrons. The number of piperazine rings is 1. The van der Waals surface area contributed by atoms with E-state index < -0.39 is 11.7 Å². The number of benzene rings is 1. The van der Waals surface area contributed by atoms with Crippen LogP contribution in [0.15, 0.2) is 24.3 Å². The topological polar surface area (TPSA) is 49.6 Å². The van der Waals surface area contributed by atoms with Gasteiger partial charge in [0.25, 0.3) is 0 Å². The molecule has 1 aromatic carbocycles. The number of carbonyl (C=O) groups is 1. The number of nitrogens with two attached hydrogens (primary N) is 1. The summed E-state index contributed by atoms with van der Waals surface area (Å²) in [4.78, 5) is 17.0. The number of hydrogen-bond donors (Lipinski definition) is 1. The predicted molar refractivity (Wildman–Crippen MR) is 102 cm³/mol. The van der Waals surface area contributed by atoms with Crippen molar-refractivity contribution in [2.24, 2.45) is 23.5 Å². The van der Waals surface area contributed by atoms with Gasteiger partial charge in [-0.05, 0) is 61.8 Å². The summed E-state index contributed by atoms with van der Waals surface area (Å²) < 4.78 is 38.2. The van der Waals surface area contributed by atoms with Crippen LogP contribution in [0.25, 0.3) is 0 Å². The zero-order chi connectivity index (χ0) is 19.9. The maximum absolute atomic E-state index is 13.0. The lowest BCUT2D eigenvalue weighted by Crippen LogP contribution is -2.53. The Morgan fingerprint density at radius 3 is 2.07 bits per heavy atom. The molecule has 3 fully saturated rings. The summed E-state index contributed by atoms with van der Waals surface area (Å²) in [6, 6.07) is 5.54. The first-order valence-corrected chi connectivity index (χ1v) is 10.3. The molecule has 0 radical (unpaired) electrons.